The van der Waals surface area contributed by atoms with Crippen molar-refractivity contribution in [2.24, 2.45) is 0 Å². The van der Waals surface area contributed by atoms with Crippen molar-refractivity contribution < 1.29 is 18.8 Å². The van der Waals surface area contributed by atoms with Crippen molar-refractivity contribution in [3.05, 3.63) is 64.8 Å². The highest BCUT2D eigenvalue weighted by atomic mass is 16.5. The number of benzene rings is 1. The Labute approximate surface area is 168 Å². The summed E-state index contributed by atoms with van der Waals surface area (Å²) in [5.41, 5.74) is 6.55. The van der Waals surface area contributed by atoms with Gasteiger partial charge in [-0.05, 0) is 19.4 Å². The van der Waals surface area contributed by atoms with E-state index in [0.717, 1.165) is 22.6 Å². The smallest absolute Gasteiger partial charge is 0.329 e. The maximum atomic E-state index is 12.7. The maximum absolute atomic E-state index is 12.7. The number of rotatable bonds is 7. The molecular weight excluding hydrogens is 374 g/mol. The van der Waals surface area contributed by atoms with Gasteiger partial charge in [-0.1, -0.05) is 35.5 Å². The normalized spacial score (nSPS) is 19.1. The molecule has 3 amide bonds. The summed E-state index contributed by atoms with van der Waals surface area (Å²) in [5, 5.41) is 8.46. The molecule has 4 rings (SSSR count). The van der Waals surface area contributed by atoms with E-state index in [0.29, 0.717) is 25.4 Å². The van der Waals surface area contributed by atoms with Gasteiger partial charge in [-0.15, -0.1) is 0 Å². The Morgan fingerprint density at radius 1 is 1.24 bits per heavy atom. The Bertz CT molecular complexity index is 920. The lowest BCUT2D eigenvalue weighted by atomic mass is 10.2. The summed E-state index contributed by atoms with van der Waals surface area (Å²) in [6.45, 7) is 5.14. The van der Waals surface area contributed by atoms with Crippen molar-refractivity contribution in [2.75, 3.05) is 13.2 Å². The number of nitrogens with one attached hydrogen (secondary N) is 2. The highest BCUT2D eigenvalue weighted by Crippen LogP contribution is 2.21. The van der Waals surface area contributed by atoms with Crippen LogP contribution in [-0.4, -0.2) is 46.2 Å². The number of amides is 3. The van der Waals surface area contributed by atoms with Gasteiger partial charge in [0.15, 0.2) is 0 Å². The lowest BCUT2D eigenvalue weighted by Gasteiger charge is -2.14. The fourth-order valence-corrected chi connectivity index (χ4v) is 3.38. The van der Waals surface area contributed by atoms with E-state index < -0.39 is 12.1 Å². The second-order valence-corrected chi connectivity index (χ2v) is 7.06. The molecule has 0 spiro atoms. The minimum absolute atomic E-state index is 0.124. The molecule has 0 aliphatic carbocycles. The third-order valence-corrected chi connectivity index (χ3v) is 4.98. The van der Waals surface area contributed by atoms with Gasteiger partial charge in [0.1, 0.15) is 11.8 Å². The highest BCUT2D eigenvalue weighted by molar-refractivity contribution is 6.06. The first-order chi connectivity index (χ1) is 14.0. The first kappa shape index (κ1) is 19.2. The molecule has 2 aliphatic rings. The van der Waals surface area contributed by atoms with E-state index in [1.807, 2.05) is 49.2 Å². The second-order valence-electron chi connectivity index (χ2n) is 7.06. The number of hydrazine groups is 1. The number of ether oxygens (including phenoxy) is 1. The fourth-order valence-electron chi connectivity index (χ4n) is 3.38. The van der Waals surface area contributed by atoms with E-state index in [-0.39, 0.29) is 12.5 Å². The zero-order chi connectivity index (χ0) is 20.4. The van der Waals surface area contributed by atoms with Crippen LogP contribution in [0.1, 0.15) is 22.6 Å². The largest absolute Gasteiger partial charge is 0.374 e. The molecule has 1 saturated heterocycles. The average molecular weight is 397 g/mol. The van der Waals surface area contributed by atoms with E-state index >= 15 is 0 Å². The standard InChI is InChI=1S/C20H23N5O4/c1-13-17(14(2)29-23-13)10-24-9-16(8-21-24)25-19(26)18(22-20(25)27)12-28-11-15-6-4-3-5-7-15/h3-7,9,18,21H,8,10-12H2,1-2H3,(H,22,27). The quantitative estimate of drug-likeness (QED) is 0.685. The molecule has 2 aromatic rings. The van der Waals surface area contributed by atoms with Crippen LogP contribution in [0.15, 0.2) is 46.8 Å². The molecule has 0 radical (unpaired) electrons. The molecule has 1 atom stereocenters. The Morgan fingerprint density at radius 2 is 2.03 bits per heavy atom. The van der Waals surface area contributed by atoms with Crippen LogP contribution in [-0.2, 0) is 22.7 Å². The molecule has 1 fully saturated rings. The zero-order valence-electron chi connectivity index (χ0n) is 16.3. The van der Waals surface area contributed by atoms with Gasteiger partial charge in [-0.25, -0.2) is 15.1 Å². The first-order valence-electron chi connectivity index (χ1n) is 9.41. The number of hydrogen-bond donors (Lipinski definition) is 2. The predicted molar refractivity (Wildman–Crippen MR) is 103 cm³/mol. The lowest BCUT2D eigenvalue weighted by Crippen LogP contribution is -2.35. The maximum Gasteiger partial charge on any atom is 0.329 e. The van der Waals surface area contributed by atoms with Crippen molar-refractivity contribution in [2.45, 2.75) is 33.0 Å². The summed E-state index contributed by atoms with van der Waals surface area (Å²) < 4.78 is 10.8. The van der Waals surface area contributed by atoms with Gasteiger partial charge in [0.2, 0.25) is 0 Å². The molecule has 152 valence electrons. The summed E-state index contributed by atoms with van der Waals surface area (Å²) in [6, 6.07) is 8.56. The van der Waals surface area contributed by atoms with Crippen molar-refractivity contribution in [1.29, 1.82) is 0 Å². The molecule has 3 heterocycles. The van der Waals surface area contributed by atoms with E-state index in [4.69, 9.17) is 9.26 Å². The van der Waals surface area contributed by atoms with Gasteiger partial charge in [0.25, 0.3) is 5.91 Å². The van der Waals surface area contributed by atoms with Crippen molar-refractivity contribution in [3.63, 3.8) is 0 Å². The Morgan fingerprint density at radius 3 is 2.76 bits per heavy atom. The SMILES string of the molecule is Cc1noc(C)c1CN1C=C(N2C(=O)NC(COCc3ccccc3)C2=O)CN1. The molecule has 1 unspecified atom stereocenters. The van der Waals surface area contributed by atoms with Crippen molar-refractivity contribution in [1.82, 2.24) is 25.8 Å². The Hall–Kier alpha value is -3.17. The van der Waals surface area contributed by atoms with Crippen LogP contribution in [0.5, 0.6) is 0 Å². The summed E-state index contributed by atoms with van der Waals surface area (Å²) >= 11 is 0. The van der Waals surface area contributed by atoms with Crippen LogP contribution in [0.2, 0.25) is 0 Å². The third kappa shape index (κ3) is 4.01. The van der Waals surface area contributed by atoms with Gasteiger partial charge < -0.3 is 19.6 Å². The molecule has 1 aromatic carbocycles. The highest BCUT2D eigenvalue weighted by Gasteiger charge is 2.41. The van der Waals surface area contributed by atoms with Crippen LogP contribution in [0.4, 0.5) is 4.79 Å². The van der Waals surface area contributed by atoms with Gasteiger partial charge in [-0.2, -0.15) is 0 Å². The predicted octanol–water partition coefficient (Wildman–Crippen LogP) is 1.59. The van der Waals surface area contributed by atoms with Crippen molar-refractivity contribution in [3.8, 4) is 0 Å². The number of aromatic nitrogens is 1. The molecule has 29 heavy (non-hydrogen) atoms. The molecular formula is C20H23N5O4. The number of urea groups is 1. The molecule has 0 saturated carbocycles. The summed E-state index contributed by atoms with van der Waals surface area (Å²) in [4.78, 5) is 26.3. The molecule has 2 N–H and O–H groups in total. The van der Waals surface area contributed by atoms with Crippen LogP contribution in [0.3, 0.4) is 0 Å². The molecule has 2 aliphatic heterocycles. The van der Waals surface area contributed by atoms with Crippen LogP contribution in [0.25, 0.3) is 0 Å². The number of carbonyl (C=O) groups excluding carboxylic acids is 2. The molecule has 0 bridgehead atoms. The lowest BCUT2D eigenvalue weighted by molar-refractivity contribution is -0.127. The van der Waals surface area contributed by atoms with Crippen LogP contribution < -0.4 is 10.7 Å². The Kier molecular flexibility index (Phi) is 5.32. The average Bonchev–Trinajstić information content (AvgIpc) is 3.37. The molecule has 9 nitrogen and oxygen atoms in total. The Balaban J connectivity index is 1.36. The van der Waals surface area contributed by atoms with Crippen molar-refractivity contribution >= 4 is 11.9 Å². The number of aryl methyl sites for hydroxylation is 2. The van der Waals surface area contributed by atoms with E-state index in [1.54, 1.807) is 6.20 Å². The van der Waals surface area contributed by atoms with Gasteiger partial charge in [-0.3, -0.25) is 4.79 Å². The van der Waals surface area contributed by atoms with Gasteiger partial charge in [0, 0.05) is 11.8 Å². The minimum Gasteiger partial charge on any atom is -0.374 e. The zero-order valence-corrected chi connectivity index (χ0v) is 16.3. The number of imide groups is 1. The fraction of sp³-hybridized carbons (Fsp3) is 0.350. The van der Waals surface area contributed by atoms with E-state index in [1.165, 1.54) is 4.90 Å². The third-order valence-electron chi connectivity index (χ3n) is 4.98. The topological polar surface area (TPSA) is 99.9 Å². The van der Waals surface area contributed by atoms with Crippen LogP contribution in [0, 0.1) is 13.8 Å². The molecule has 1 aromatic heterocycles. The number of nitrogens with zero attached hydrogens (tertiary/aromatic N) is 3. The van der Waals surface area contributed by atoms with E-state index in [9.17, 15) is 9.59 Å². The van der Waals surface area contributed by atoms with Crippen LogP contribution >= 0.6 is 0 Å². The molecule has 9 heteroatoms. The minimum atomic E-state index is -0.691. The summed E-state index contributed by atoms with van der Waals surface area (Å²) in [6.07, 6.45) is 1.76. The van der Waals surface area contributed by atoms with Gasteiger partial charge in [0.05, 0.1) is 37.7 Å². The first-order valence-corrected chi connectivity index (χ1v) is 9.41. The summed E-state index contributed by atoms with van der Waals surface area (Å²) in [7, 11) is 0. The van der Waals surface area contributed by atoms with E-state index in [2.05, 4.69) is 15.9 Å². The number of carbonyl (C=O) groups is 2. The monoisotopic (exact) mass is 397 g/mol. The summed E-state index contributed by atoms with van der Waals surface area (Å²) in [5.74, 6) is 0.437. The van der Waals surface area contributed by atoms with Gasteiger partial charge >= 0.3 is 6.03 Å². The second kappa shape index (κ2) is 8.06. The number of hydrogen-bond acceptors (Lipinski definition) is 7.